The van der Waals surface area contributed by atoms with Crippen LogP contribution >= 0.6 is 15.9 Å². The second-order valence-corrected chi connectivity index (χ2v) is 7.50. The predicted octanol–water partition coefficient (Wildman–Crippen LogP) is 4.89. The Morgan fingerprint density at radius 2 is 1.61 bits per heavy atom. The Morgan fingerprint density at radius 1 is 1.00 bits per heavy atom. The first-order chi connectivity index (χ1) is 11.1. The third-order valence-corrected chi connectivity index (χ3v) is 4.72. The molecule has 130 valence electrons. The molecule has 2 atom stereocenters. The lowest BCUT2D eigenvalue weighted by atomic mass is 10.1. The number of hydrogen-bond acceptors (Lipinski definition) is 3. The molecule has 2 rings (SSSR count). The highest BCUT2D eigenvalue weighted by Gasteiger charge is 2.21. The van der Waals surface area contributed by atoms with Crippen LogP contribution in [0.5, 0.6) is 5.75 Å². The van der Waals surface area contributed by atoms with E-state index in [2.05, 4.69) is 34.7 Å². The van der Waals surface area contributed by atoms with Crippen LogP contribution in [-0.2, 0) is 4.74 Å². The Hall–Kier alpha value is -0.580. The Kier molecular flexibility index (Phi) is 8.41. The van der Waals surface area contributed by atoms with Crippen LogP contribution in [0.25, 0.3) is 0 Å². The fourth-order valence-corrected chi connectivity index (χ4v) is 3.42. The lowest BCUT2D eigenvalue weighted by Gasteiger charge is -2.35. The topological polar surface area (TPSA) is 21.7 Å². The first kappa shape index (κ1) is 18.8. The number of nitrogens with zero attached hydrogens (tertiary/aromatic N) is 1. The summed E-state index contributed by atoms with van der Waals surface area (Å²) in [6.07, 6.45) is 7.09. The van der Waals surface area contributed by atoms with Crippen molar-refractivity contribution in [1.82, 2.24) is 4.90 Å². The number of halogens is 1. The average molecular weight is 384 g/mol. The molecule has 0 aromatic heterocycles. The van der Waals surface area contributed by atoms with Crippen LogP contribution in [0.2, 0.25) is 0 Å². The second kappa shape index (κ2) is 10.3. The summed E-state index contributed by atoms with van der Waals surface area (Å²) in [6, 6.07) is 8.05. The van der Waals surface area contributed by atoms with Gasteiger partial charge in [0.25, 0.3) is 0 Å². The maximum atomic E-state index is 5.77. The van der Waals surface area contributed by atoms with Gasteiger partial charge in [-0.05, 0) is 57.5 Å². The molecule has 0 amide bonds. The molecule has 0 aliphatic carbocycles. The van der Waals surface area contributed by atoms with Crippen LogP contribution in [0.15, 0.2) is 28.7 Å². The van der Waals surface area contributed by atoms with Gasteiger partial charge in [-0.1, -0.05) is 35.2 Å². The van der Waals surface area contributed by atoms with Crippen molar-refractivity contribution in [3.8, 4) is 5.75 Å². The van der Waals surface area contributed by atoms with Gasteiger partial charge in [0.1, 0.15) is 5.75 Å². The van der Waals surface area contributed by atoms with Crippen molar-refractivity contribution in [2.75, 3.05) is 26.2 Å². The van der Waals surface area contributed by atoms with Crippen molar-refractivity contribution in [2.45, 2.75) is 58.2 Å². The molecular weight excluding hydrogens is 354 g/mol. The fraction of sp³-hybridized carbons (Fsp3) is 0.684. The first-order valence-corrected chi connectivity index (χ1v) is 9.69. The molecule has 0 N–H and O–H groups in total. The molecule has 1 aliphatic heterocycles. The standard InChI is InChI=1S/C19H30BrNO2/c1-16-14-21(15-17(2)23-16)12-6-4-3-5-7-13-22-19-10-8-18(20)9-11-19/h8-11,16-17H,3-7,12-15H2,1-2H3. The zero-order valence-electron chi connectivity index (χ0n) is 14.5. The molecule has 2 unspecified atom stereocenters. The van der Waals surface area contributed by atoms with E-state index in [0.717, 1.165) is 36.3 Å². The smallest absolute Gasteiger partial charge is 0.119 e. The maximum absolute atomic E-state index is 5.77. The van der Waals surface area contributed by atoms with Crippen molar-refractivity contribution in [2.24, 2.45) is 0 Å². The Labute approximate surface area is 149 Å². The number of hydrogen-bond donors (Lipinski definition) is 0. The van der Waals surface area contributed by atoms with Crippen LogP contribution in [-0.4, -0.2) is 43.3 Å². The van der Waals surface area contributed by atoms with E-state index in [1.54, 1.807) is 0 Å². The van der Waals surface area contributed by atoms with E-state index >= 15 is 0 Å². The quantitative estimate of drug-likeness (QED) is 0.566. The number of benzene rings is 1. The monoisotopic (exact) mass is 383 g/mol. The van der Waals surface area contributed by atoms with Gasteiger partial charge in [0.2, 0.25) is 0 Å². The third kappa shape index (κ3) is 7.69. The lowest BCUT2D eigenvalue weighted by Crippen LogP contribution is -2.45. The molecule has 0 spiro atoms. The molecule has 0 radical (unpaired) electrons. The zero-order chi connectivity index (χ0) is 16.5. The molecule has 1 fully saturated rings. The summed E-state index contributed by atoms with van der Waals surface area (Å²) in [6.45, 7) is 8.56. The van der Waals surface area contributed by atoms with Gasteiger partial charge in [-0.15, -0.1) is 0 Å². The van der Waals surface area contributed by atoms with E-state index in [0.29, 0.717) is 12.2 Å². The predicted molar refractivity (Wildman–Crippen MR) is 99.2 cm³/mol. The minimum absolute atomic E-state index is 0.384. The Bertz CT molecular complexity index is 428. The number of unbranched alkanes of at least 4 members (excludes halogenated alkanes) is 4. The summed E-state index contributed by atoms with van der Waals surface area (Å²) >= 11 is 3.43. The molecule has 1 aliphatic rings. The van der Waals surface area contributed by atoms with Crippen molar-refractivity contribution in [1.29, 1.82) is 0 Å². The van der Waals surface area contributed by atoms with Gasteiger partial charge in [-0.2, -0.15) is 0 Å². The lowest BCUT2D eigenvalue weighted by molar-refractivity contribution is -0.0681. The van der Waals surface area contributed by atoms with Crippen molar-refractivity contribution < 1.29 is 9.47 Å². The highest BCUT2D eigenvalue weighted by Crippen LogP contribution is 2.17. The second-order valence-electron chi connectivity index (χ2n) is 6.59. The van der Waals surface area contributed by atoms with E-state index in [4.69, 9.17) is 9.47 Å². The van der Waals surface area contributed by atoms with Gasteiger partial charge in [-0.3, -0.25) is 4.90 Å². The minimum Gasteiger partial charge on any atom is -0.494 e. The fourth-order valence-electron chi connectivity index (χ4n) is 3.16. The van der Waals surface area contributed by atoms with Gasteiger partial charge in [0.15, 0.2) is 0 Å². The first-order valence-electron chi connectivity index (χ1n) is 8.89. The summed E-state index contributed by atoms with van der Waals surface area (Å²) in [5, 5.41) is 0. The van der Waals surface area contributed by atoms with E-state index in [1.165, 1.54) is 32.2 Å². The third-order valence-electron chi connectivity index (χ3n) is 4.20. The SMILES string of the molecule is CC1CN(CCCCCCCOc2ccc(Br)cc2)CC(C)O1. The van der Waals surface area contributed by atoms with E-state index in [9.17, 15) is 0 Å². The molecule has 23 heavy (non-hydrogen) atoms. The molecule has 4 heteroatoms. The molecule has 1 saturated heterocycles. The van der Waals surface area contributed by atoms with Crippen LogP contribution < -0.4 is 4.74 Å². The summed E-state index contributed by atoms with van der Waals surface area (Å²) in [5.74, 6) is 0.962. The summed E-state index contributed by atoms with van der Waals surface area (Å²) in [5.41, 5.74) is 0. The molecule has 1 aromatic carbocycles. The molecule has 0 saturated carbocycles. The highest BCUT2D eigenvalue weighted by atomic mass is 79.9. The number of morpholine rings is 1. The van der Waals surface area contributed by atoms with Crippen LogP contribution in [0.3, 0.4) is 0 Å². The molecule has 0 bridgehead atoms. The molecular formula is C19H30BrNO2. The largest absolute Gasteiger partial charge is 0.494 e. The highest BCUT2D eigenvalue weighted by molar-refractivity contribution is 9.10. The summed E-state index contributed by atoms with van der Waals surface area (Å²) < 4.78 is 12.6. The van der Waals surface area contributed by atoms with Gasteiger partial charge in [0, 0.05) is 17.6 Å². The van der Waals surface area contributed by atoms with Crippen molar-refractivity contribution in [3.05, 3.63) is 28.7 Å². The van der Waals surface area contributed by atoms with Gasteiger partial charge < -0.3 is 9.47 Å². The molecule has 1 aromatic rings. The van der Waals surface area contributed by atoms with E-state index in [-0.39, 0.29) is 0 Å². The van der Waals surface area contributed by atoms with Gasteiger partial charge >= 0.3 is 0 Å². The minimum atomic E-state index is 0.384. The van der Waals surface area contributed by atoms with E-state index in [1.807, 2.05) is 24.3 Å². The summed E-state index contributed by atoms with van der Waals surface area (Å²) in [4.78, 5) is 2.55. The van der Waals surface area contributed by atoms with Crippen LogP contribution in [0.4, 0.5) is 0 Å². The number of ether oxygens (including phenoxy) is 2. The average Bonchev–Trinajstić information content (AvgIpc) is 2.51. The number of rotatable bonds is 9. The van der Waals surface area contributed by atoms with Crippen molar-refractivity contribution in [3.63, 3.8) is 0 Å². The Balaban J connectivity index is 1.44. The summed E-state index contributed by atoms with van der Waals surface area (Å²) in [7, 11) is 0. The molecule has 1 heterocycles. The van der Waals surface area contributed by atoms with Gasteiger partial charge in [-0.25, -0.2) is 0 Å². The van der Waals surface area contributed by atoms with Crippen LogP contribution in [0.1, 0.15) is 46.0 Å². The van der Waals surface area contributed by atoms with Gasteiger partial charge in [0.05, 0.1) is 18.8 Å². The normalized spacial score (nSPS) is 22.2. The molecule has 3 nitrogen and oxygen atoms in total. The van der Waals surface area contributed by atoms with Crippen LogP contribution in [0, 0.1) is 0 Å². The van der Waals surface area contributed by atoms with E-state index < -0.39 is 0 Å². The van der Waals surface area contributed by atoms with Crippen molar-refractivity contribution >= 4 is 15.9 Å². The Morgan fingerprint density at radius 3 is 2.30 bits per heavy atom. The zero-order valence-corrected chi connectivity index (χ0v) is 16.1. The maximum Gasteiger partial charge on any atom is 0.119 e.